The quantitative estimate of drug-likeness (QED) is 0.328. The molecule has 1 aliphatic rings. The standard InChI is InChI=1S/C11H11N3O5/c15-5-4-12-6-13-10(16)7-2-1-3-8(14(18)19)9(7)11(13)17/h1-3,12,15H,4-6H2. The topological polar surface area (TPSA) is 113 Å². The summed E-state index contributed by atoms with van der Waals surface area (Å²) in [6, 6.07) is 3.94. The van der Waals surface area contributed by atoms with Crippen molar-refractivity contribution in [1.29, 1.82) is 0 Å². The number of hydrogen-bond acceptors (Lipinski definition) is 6. The summed E-state index contributed by atoms with van der Waals surface area (Å²) in [7, 11) is 0. The van der Waals surface area contributed by atoms with Gasteiger partial charge in [0.25, 0.3) is 17.5 Å². The Labute approximate surface area is 107 Å². The van der Waals surface area contributed by atoms with E-state index >= 15 is 0 Å². The molecule has 0 saturated heterocycles. The van der Waals surface area contributed by atoms with Crippen LogP contribution in [-0.2, 0) is 0 Å². The van der Waals surface area contributed by atoms with Crippen LogP contribution in [0.3, 0.4) is 0 Å². The lowest BCUT2D eigenvalue weighted by Crippen LogP contribution is -2.39. The van der Waals surface area contributed by atoms with Crippen molar-refractivity contribution in [1.82, 2.24) is 10.2 Å². The molecule has 8 heteroatoms. The Morgan fingerprint density at radius 2 is 2.05 bits per heavy atom. The molecule has 0 bridgehead atoms. The minimum absolute atomic E-state index is 0.0324. The second kappa shape index (κ2) is 5.12. The maximum Gasteiger partial charge on any atom is 0.282 e. The number of nitrogens with zero attached hydrogens (tertiary/aromatic N) is 2. The first-order valence-electron chi connectivity index (χ1n) is 5.53. The average Bonchev–Trinajstić information content (AvgIpc) is 2.64. The van der Waals surface area contributed by atoms with Gasteiger partial charge in [-0.1, -0.05) is 6.07 Å². The first-order chi connectivity index (χ1) is 9.07. The smallest absolute Gasteiger partial charge is 0.282 e. The number of hydrogen-bond donors (Lipinski definition) is 2. The van der Waals surface area contributed by atoms with Crippen molar-refractivity contribution in [3.05, 3.63) is 39.4 Å². The Kier molecular flexibility index (Phi) is 3.54. The molecule has 2 rings (SSSR count). The van der Waals surface area contributed by atoms with Gasteiger partial charge in [0.2, 0.25) is 0 Å². The molecule has 2 amide bonds. The predicted molar refractivity (Wildman–Crippen MR) is 63.6 cm³/mol. The zero-order valence-electron chi connectivity index (χ0n) is 9.83. The molecule has 8 nitrogen and oxygen atoms in total. The van der Waals surface area contributed by atoms with Crippen LogP contribution in [0.4, 0.5) is 5.69 Å². The van der Waals surface area contributed by atoms with Crippen molar-refractivity contribution in [2.45, 2.75) is 0 Å². The van der Waals surface area contributed by atoms with Crippen molar-refractivity contribution < 1.29 is 19.6 Å². The molecule has 0 aromatic heterocycles. The molecule has 19 heavy (non-hydrogen) atoms. The van der Waals surface area contributed by atoms with E-state index in [0.717, 1.165) is 4.90 Å². The normalized spacial score (nSPS) is 13.8. The predicted octanol–water partition coefficient (Wildman–Crippen LogP) is -0.270. The molecule has 1 aromatic carbocycles. The molecular weight excluding hydrogens is 254 g/mol. The number of rotatable bonds is 5. The van der Waals surface area contributed by atoms with Gasteiger partial charge in [-0.05, 0) is 6.07 Å². The first kappa shape index (κ1) is 13.1. The summed E-state index contributed by atoms with van der Waals surface area (Å²) in [5.74, 6) is -1.27. The number of aliphatic hydroxyl groups is 1. The lowest BCUT2D eigenvalue weighted by atomic mass is 10.1. The van der Waals surface area contributed by atoms with Crippen molar-refractivity contribution in [2.75, 3.05) is 19.8 Å². The van der Waals surface area contributed by atoms with E-state index in [-0.39, 0.29) is 36.6 Å². The van der Waals surface area contributed by atoms with Crippen LogP contribution >= 0.6 is 0 Å². The number of imide groups is 1. The summed E-state index contributed by atoms with van der Waals surface area (Å²) in [6.45, 7) is -0.0110. The Bertz CT molecular complexity index is 557. The van der Waals surface area contributed by atoms with E-state index in [2.05, 4.69) is 5.32 Å². The van der Waals surface area contributed by atoms with E-state index in [1.54, 1.807) is 0 Å². The van der Waals surface area contributed by atoms with Gasteiger partial charge in [-0.15, -0.1) is 0 Å². The van der Waals surface area contributed by atoms with Crippen LogP contribution in [0.2, 0.25) is 0 Å². The average molecular weight is 265 g/mol. The highest BCUT2D eigenvalue weighted by Crippen LogP contribution is 2.30. The Hall–Kier alpha value is -2.32. The number of carbonyl (C=O) groups is 2. The molecule has 1 aliphatic heterocycles. The molecule has 1 aromatic rings. The van der Waals surface area contributed by atoms with Gasteiger partial charge in [0.05, 0.1) is 23.8 Å². The number of nitro benzene ring substituents is 1. The highest BCUT2D eigenvalue weighted by molar-refractivity contribution is 6.23. The lowest BCUT2D eigenvalue weighted by molar-refractivity contribution is -0.385. The molecule has 0 unspecified atom stereocenters. The number of aliphatic hydroxyl groups excluding tert-OH is 1. The summed E-state index contributed by atoms with van der Waals surface area (Å²) >= 11 is 0. The van der Waals surface area contributed by atoms with Gasteiger partial charge in [0.15, 0.2) is 0 Å². The van der Waals surface area contributed by atoms with Crippen LogP contribution in [0, 0.1) is 10.1 Å². The van der Waals surface area contributed by atoms with Gasteiger partial charge in [-0.25, -0.2) is 0 Å². The molecule has 0 fully saturated rings. The second-order valence-corrected chi connectivity index (χ2v) is 3.88. The monoisotopic (exact) mass is 265 g/mol. The van der Waals surface area contributed by atoms with Crippen molar-refractivity contribution >= 4 is 17.5 Å². The minimum Gasteiger partial charge on any atom is -0.395 e. The Morgan fingerprint density at radius 1 is 1.32 bits per heavy atom. The first-order valence-corrected chi connectivity index (χ1v) is 5.53. The van der Waals surface area contributed by atoms with Gasteiger partial charge >= 0.3 is 0 Å². The van der Waals surface area contributed by atoms with Gasteiger partial charge in [-0.2, -0.15) is 0 Å². The molecule has 1 heterocycles. The van der Waals surface area contributed by atoms with E-state index in [4.69, 9.17) is 5.11 Å². The third-order valence-electron chi connectivity index (χ3n) is 2.73. The van der Waals surface area contributed by atoms with Crippen molar-refractivity contribution in [2.24, 2.45) is 0 Å². The Morgan fingerprint density at radius 3 is 2.68 bits per heavy atom. The second-order valence-electron chi connectivity index (χ2n) is 3.88. The van der Waals surface area contributed by atoms with Crippen LogP contribution in [0.15, 0.2) is 18.2 Å². The molecule has 0 spiro atoms. The van der Waals surface area contributed by atoms with E-state index < -0.39 is 16.7 Å². The van der Waals surface area contributed by atoms with Crippen LogP contribution in [0.5, 0.6) is 0 Å². The third-order valence-corrected chi connectivity index (χ3v) is 2.73. The molecule has 100 valence electrons. The fourth-order valence-corrected chi connectivity index (χ4v) is 1.88. The maximum absolute atomic E-state index is 12.0. The fourth-order valence-electron chi connectivity index (χ4n) is 1.88. The molecule has 0 saturated carbocycles. The van der Waals surface area contributed by atoms with Crippen LogP contribution in [0.25, 0.3) is 0 Å². The summed E-state index contributed by atoms with van der Waals surface area (Å²) in [5, 5.41) is 22.2. The van der Waals surface area contributed by atoms with Crippen LogP contribution in [-0.4, -0.2) is 46.6 Å². The van der Waals surface area contributed by atoms with Crippen LogP contribution < -0.4 is 5.32 Å². The van der Waals surface area contributed by atoms with E-state index in [1.807, 2.05) is 0 Å². The Balaban J connectivity index is 2.33. The number of fused-ring (bicyclic) bond motifs is 1. The fraction of sp³-hybridized carbons (Fsp3) is 0.273. The van der Waals surface area contributed by atoms with Gasteiger partial charge < -0.3 is 5.11 Å². The number of nitro groups is 1. The largest absolute Gasteiger partial charge is 0.395 e. The minimum atomic E-state index is -0.697. The summed E-state index contributed by atoms with van der Waals surface area (Å²) in [5.41, 5.74) is -0.520. The number of amides is 2. The van der Waals surface area contributed by atoms with Crippen LogP contribution in [0.1, 0.15) is 20.7 Å². The molecule has 0 atom stereocenters. The zero-order chi connectivity index (χ0) is 14.0. The van der Waals surface area contributed by atoms with E-state index in [9.17, 15) is 19.7 Å². The van der Waals surface area contributed by atoms with E-state index in [1.165, 1.54) is 18.2 Å². The molecule has 0 radical (unpaired) electrons. The van der Waals surface area contributed by atoms with E-state index in [0.29, 0.717) is 0 Å². The number of nitrogens with one attached hydrogen (secondary N) is 1. The van der Waals surface area contributed by atoms with Gasteiger partial charge in [0.1, 0.15) is 5.56 Å². The number of carbonyl (C=O) groups excluding carboxylic acids is 2. The lowest BCUT2D eigenvalue weighted by Gasteiger charge is -2.13. The zero-order valence-corrected chi connectivity index (χ0v) is 9.83. The SMILES string of the molecule is O=C1c2cccc([N+](=O)[O-])c2C(=O)N1CNCCO. The number of benzene rings is 1. The maximum atomic E-state index is 12.0. The van der Waals surface area contributed by atoms with Crippen molar-refractivity contribution in [3.63, 3.8) is 0 Å². The summed E-state index contributed by atoms with van der Waals surface area (Å²) in [4.78, 5) is 35.0. The summed E-state index contributed by atoms with van der Waals surface area (Å²) < 4.78 is 0. The third kappa shape index (κ3) is 2.18. The van der Waals surface area contributed by atoms with Crippen molar-refractivity contribution in [3.8, 4) is 0 Å². The molecule has 0 aliphatic carbocycles. The highest BCUT2D eigenvalue weighted by atomic mass is 16.6. The summed E-state index contributed by atoms with van der Waals surface area (Å²) in [6.07, 6.45) is 0. The highest BCUT2D eigenvalue weighted by Gasteiger charge is 2.40. The molecular formula is C11H11N3O5. The molecule has 2 N–H and O–H groups in total. The van der Waals surface area contributed by atoms with Gasteiger partial charge in [0, 0.05) is 12.6 Å². The van der Waals surface area contributed by atoms with Gasteiger partial charge in [-0.3, -0.25) is 29.9 Å².